The minimum atomic E-state index is -0.213. The average molecular weight is 368 g/mol. The van der Waals surface area contributed by atoms with Gasteiger partial charge >= 0.3 is 0 Å². The number of likely N-dealkylation sites (N-methyl/N-ethyl adjacent to an activating group) is 1. The van der Waals surface area contributed by atoms with Gasteiger partial charge in [-0.3, -0.25) is 9.59 Å². The SMILES string of the molecule is CN(CC1CCCN2CCCCC12)C(=O)Cc1n[nH]c(=O)c2ccccc12. The number of benzene rings is 1. The summed E-state index contributed by atoms with van der Waals surface area (Å²) in [5.41, 5.74) is 0.430. The third-order valence-electron chi connectivity index (χ3n) is 6.26. The van der Waals surface area contributed by atoms with Crippen molar-refractivity contribution < 1.29 is 4.79 Å². The van der Waals surface area contributed by atoms with Gasteiger partial charge in [0.25, 0.3) is 5.56 Å². The van der Waals surface area contributed by atoms with Gasteiger partial charge in [-0.05, 0) is 50.8 Å². The van der Waals surface area contributed by atoms with Gasteiger partial charge in [-0.15, -0.1) is 0 Å². The fraction of sp³-hybridized carbons (Fsp3) is 0.571. The molecule has 6 nitrogen and oxygen atoms in total. The molecule has 2 aromatic rings. The van der Waals surface area contributed by atoms with E-state index < -0.39 is 0 Å². The van der Waals surface area contributed by atoms with Crippen LogP contribution in [0.1, 0.15) is 37.8 Å². The smallest absolute Gasteiger partial charge is 0.272 e. The number of piperidine rings is 2. The van der Waals surface area contributed by atoms with Crippen LogP contribution in [-0.4, -0.2) is 58.6 Å². The Bertz CT molecular complexity index is 876. The molecule has 0 aliphatic carbocycles. The summed E-state index contributed by atoms with van der Waals surface area (Å²) in [6, 6.07) is 7.97. The number of H-pyrrole nitrogens is 1. The Morgan fingerprint density at radius 2 is 1.96 bits per heavy atom. The molecule has 0 spiro atoms. The lowest BCUT2D eigenvalue weighted by atomic mass is 9.83. The second kappa shape index (κ2) is 7.80. The van der Waals surface area contributed by atoms with Gasteiger partial charge in [0.15, 0.2) is 0 Å². The summed E-state index contributed by atoms with van der Waals surface area (Å²) in [6.07, 6.45) is 6.53. The molecule has 2 aliphatic rings. The van der Waals surface area contributed by atoms with E-state index in [0.717, 1.165) is 11.9 Å². The van der Waals surface area contributed by atoms with Crippen molar-refractivity contribution in [2.45, 2.75) is 44.6 Å². The third kappa shape index (κ3) is 3.76. The fourth-order valence-electron chi connectivity index (χ4n) is 4.83. The highest BCUT2D eigenvalue weighted by molar-refractivity contribution is 5.88. The van der Waals surface area contributed by atoms with Gasteiger partial charge in [0.2, 0.25) is 5.91 Å². The number of fused-ring (bicyclic) bond motifs is 2. The summed E-state index contributed by atoms with van der Waals surface area (Å²) < 4.78 is 0. The molecule has 2 atom stereocenters. The van der Waals surface area contributed by atoms with Crippen LogP contribution < -0.4 is 5.56 Å². The number of carbonyl (C=O) groups is 1. The van der Waals surface area contributed by atoms with E-state index in [-0.39, 0.29) is 17.9 Å². The molecule has 0 bridgehead atoms. The molecule has 2 unspecified atom stereocenters. The second-order valence-electron chi connectivity index (χ2n) is 8.00. The van der Waals surface area contributed by atoms with E-state index in [9.17, 15) is 9.59 Å². The maximum atomic E-state index is 12.9. The van der Waals surface area contributed by atoms with Crippen LogP contribution in [0.4, 0.5) is 0 Å². The van der Waals surface area contributed by atoms with Crippen molar-refractivity contribution in [3.8, 4) is 0 Å². The number of aromatic amines is 1. The zero-order valence-electron chi connectivity index (χ0n) is 16.0. The molecule has 144 valence electrons. The van der Waals surface area contributed by atoms with E-state index in [4.69, 9.17) is 0 Å². The lowest BCUT2D eigenvalue weighted by Gasteiger charge is -2.45. The van der Waals surface area contributed by atoms with Crippen molar-refractivity contribution in [3.63, 3.8) is 0 Å². The maximum Gasteiger partial charge on any atom is 0.272 e. The number of hydrogen-bond acceptors (Lipinski definition) is 4. The van der Waals surface area contributed by atoms with Gasteiger partial charge in [0.1, 0.15) is 0 Å². The summed E-state index contributed by atoms with van der Waals surface area (Å²) >= 11 is 0. The van der Waals surface area contributed by atoms with Crippen molar-refractivity contribution in [3.05, 3.63) is 40.3 Å². The number of nitrogens with zero attached hydrogens (tertiary/aromatic N) is 3. The first-order chi connectivity index (χ1) is 13.1. The zero-order chi connectivity index (χ0) is 18.8. The van der Waals surface area contributed by atoms with E-state index in [1.54, 1.807) is 6.07 Å². The van der Waals surface area contributed by atoms with Gasteiger partial charge in [0, 0.05) is 25.0 Å². The van der Waals surface area contributed by atoms with Crippen LogP contribution in [0.2, 0.25) is 0 Å². The Labute approximate surface area is 159 Å². The molecule has 2 aliphatic heterocycles. The van der Waals surface area contributed by atoms with Crippen molar-refractivity contribution in [2.75, 3.05) is 26.7 Å². The Morgan fingerprint density at radius 3 is 2.81 bits per heavy atom. The van der Waals surface area contributed by atoms with Crippen molar-refractivity contribution in [1.29, 1.82) is 0 Å². The predicted molar refractivity (Wildman–Crippen MR) is 106 cm³/mol. The van der Waals surface area contributed by atoms with Gasteiger partial charge in [0.05, 0.1) is 17.5 Å². The van der Waals surface area contributed by atoms with Crippen LogP contribution in [0, 0.1) is 5.92 Å². The van der Waals surface area contributed by atoms with Crippen molar-refractivity contribution in [2.24, 2.45) is 5.92 Å². The molecular formula is C21H28N4O2. The Balaban J connectivity index is 1.45. The predicted octanol–water partition coefficient (Wildman–Crippen LogP) is 2.19. The van der Waals surface area contributed by atoms with Crippen LogP contribution in [0.15, 0.2) is 29.1 Å². The third-order valence-corrected chi connectivity index (χ3v) is 6.26. The minimum absolute atomic E-state index is 0.0626. The van der Waals surface area contributed by atoms with Crippen LogP contribution in [0.5, 0.6) is 0 Å². The summed E-state index contributed by atoms with van der Waals surface area (Å²) in [5, 5.41) is 8.02. The molecule has 1 amide bonds. The molecule has 0 saturated carbocycles. The monoisotopic (exact) mass is 368 g/mol. The zero-order valence-corrected chi connectivity index (χ0v) is 16.0. The number of rotatable bonds is 4. The number of hydrogen-bond donors (Lipinski definition) is 1. The highest BCUT2D eigenvalue weighted by atomic mass is 16.2. The minimum Gasteiger partial charge on any atom is -0.345 e. The number of carbonyl (C=O) groups excluding carboxylic acids is 1. The van der Waals surface area contributed by atoms with Gasteiger partial charge in [-0.2, -0.15) is 5.10 Å². The second-order valence-corrected chi connectivity index (χ2v) is 8.00. The normalized spacial score (nSPS) is 23.1. The van der Waals surface area contributed by atoms with Crippen molar-refractivity contribution >= 4 is 16.7 Å². The van der Waals surface area contributed by atoms with E-state index in [1.165, 1.54) is 45.2 Å². The summed E-state index contributed by atoms with van der Waals surface area (Å²) in [4.78, 5) is 29.3. The molecule has 6 heteroatoms. The largest absolute Gasteiger partial charge is 0.345 e. The highest BCUT2D eigenvalue weighted by Gasteiger charge is 2.34. The summed E-state index contributed by atoms with van der Waals surface area (Å²) in [6.45, 7) is 3.24. The lowest BCUT2D eigenvalue weighted by molar-refractivity contribution is -0.130. The first-order valence-electron chi connectivity index (χ1n) is 10.1. The molecule has 2 saturated heterocycles. The first-order valence-corrected chi connectivity index (χ1v) is 10.1. The summed E-state index contributed by atoms with van der Waals surface area (Å²) in [7, 11) is 1.90. The number of nitrogens with one attached hydrogen (secondary N) is 1. The molecular weight excluding hydrogens is 340 g/mol. The van der Waals surface area contributed by atoms with Gasteiger partial charge < -0.3 is 9.80 Å². The summed E-state index contributed by atoms with van der Waals surface area (Å²) in [5.74, 6) is 0.626. The standard InChI is InChI=1S/C21H28N4O2/c1-24(14-15-7-6-12-25-11-5-4-10-19(15)25)20(26)13-18-16-8-2-3-9-17(16)21(27)23-22-18/h2-3,8-9,15,19H,4-7,10-14H2,1H3,(H,23,27). The van der Waals surface area contributed by atoms with Crippen molar-refractivity contribution in [1.82, 2.24) is 20.0 Å². The molecule has 2 fully saturated rings. The average Bonchev–Trinajstić information content (AvgIpc) is 2.70. The van der Waals surface area contributed by atoms with E-state index in [1.807, 2.05) is 30.1 Å². The molecule has 4 rings (SSSR count). The van der Waals surface area contributed by atoms with Crippen LogP contribution in [0.25, 0.3) is 10.8 Å². The first kappa shape index (κ1) is 18.2. The number of aromatic nitrogens is 2. The van der Waals surface area contributed by atoms with Gasteiger partial charge in [-0.25, -0.2) is 5.10 Å². The molecule has 1 aromatic heterocycles. The molecule has 3 heterocycles. The fourth-order valence-corrected chi connectivity index (χ4v) is 4.83. The quantitative estimate of drug-likeness (QED) is 0.898. The molecule has 27 heavy (non-hydrogen) atoms. The van der Waals surface area contributed by atoms with Crippen LogP contribution >= 0.6 is 0 Å². The molecule has 1 aromatic carbocycles. The lowest BCUT2D eigenvalue weighted by Crippen LogP contribution is -2.51. The van der Waals surface area contributed by atoms with E-state index >= 15 is 0 Å². The highest BCUT2D eigenvalue weighted by Crippen LogP contribution is 2.31. The number of amides is 1. The maximum absolute atomic E-state index is 12.9. The Morgan fingerprint density at radius 1 is 1.19 bits per heavy atom. The molecule has 0 radical (unpaired) electrons. The Kier molecular flexibility index (Phi) is 5.25. The molecule has 1 N–H and O–H groups in total. The van der Waals surface area contributed by atoms with E-state index in [2.05, 4.69) is 15.1 Å². The van der Waals surface area contributed by atoms with Crippen LogP contribution in [0.3, 0.4) is 0 Å². The van der Waals surface area contributed by atoms with Gasteiger partial charge in [-0.1, -0.05) is 24.6 Å². The van der Waals surface area contributed by atoms with Crippen LogP contribution in [-0.2, 0) is 11.2 Å². The van der Waals surface area contributed by atoms with E-state index in [0.29, 0.717) is 23.0 Å². The Hall–Kier alpha value is -2.21. The topological polar surface area (TPSA) is 69.3 Å².